The SMILES string of the molecule is CCOC1CC(N)(C(=O)Nc2ccc3oc(=O)[nH]c3c2)C1(C)C. The molecule has 2 aromatic rings. The second-order valence-corrected chi connectivity index (χ2v) is 6.52. The Balaban J connectivity index is 1.79. The highest BCUT2D eigenvalue weighted by Gasteiger charge is 2.62. The Bertz CT molecular complexity index is 807. The Labute approximate surface area is 133 Å². The van der Waals surface area contributed by atoms with Crippen LogP contribution < -0.4 is 16.8 Å². The average Bonchev–Trinajstić information content (AvgIpc) is 2.86. The second kappa shape index (κ2) is 5.21. The number of carbonyl (C=O) groups is 1. The summed E-state index contributed by atoms with van der Waals surface area (Å²) in [6, 6.07) is 4.94. The van der Waals surface area contributed by atoms with E-state index in [2.05, 4.69) is 10.3 Å². The van der Waals surface area contributed by atoms with Gasteiger partial charge in [-0.25, -0.2) is 4.79 Å². The number of anilines is 1. The van der Waals surface area contributed by atoms with Gasteiger partial charge in [0.25, 0.3) is 0 Å². The van der Waals surface area contributed by atoms with Crippen LogP contribution in [0.3, 0.4) is 0 Å². The van der Waals surface area contributed by atoms with E-state index in [4.69, 9.17) is 14.9 Å². The Morgan fingerprint density at radius 1 is 1.52 bits per heavy atom. The van der Waals surface area contributed by atoms with E-state index in [1.807, 2.05) is 20.8 Å². The van der Waals surface area contributed by atoms with E-state index in [9.17, 15) is 9.59 Å². The quantitative estimate of drug-likeness (QED) is 0.792. The van der Waals surface area contributed by atoms with Crippen LogP contribution in [0.15, 0.2) is 27.4 Å². The first-order valence-electron chi connectivity index (χ1n) is 7.63. The lowest BCUT2D eigenvalue weighted by Crippen LogP contribution is -2.74. The maximum atomic E-state index is 12.6. The van der Waals surface area contributed by atoms with Crippen LogP contribution in [-0.4, -0.2) is 29.1 Å². The van der Waals surface area contributed by atoms with Gasteiger partial charge >= 0.3 is 5.76 Å². The van der Waals surface area contributed by atoms with Crippen LogP contribution in [0.25, 0.3) is 11.1 Å². The number of H-pyrrole nitrogens is 1. The summed E-state index contributed by atoms with van der Waals surface area (Å²) in [6.45, 7) is 6.39. The van der Waals surface area contributed by atoms with E-state index in [0.717, 1.165) is 0 Å². The van der Waals surface area contributed by atoms with Crippen molar-refractivity contribution in [3.63, 3.8) is 0 Å². The predicted octanol–water partition coefficient (Wildman–Crippen LogP) is 1.59. The first kappa shape index (κ1) is 15.8. The summed E-state index contributed by atoms with van der Waals surface area (Å²) < 4.78 is 10.6. The first-order chi connectivity index (χ1) is 10.8. The third-order valence-corrected chi connectivity index (χ3v) is 4.91. The summed E-state index contributed by atoms with van der Waals surface area (Å²) in [4.78, 5) is 26.4. The molecule has 0 aliphatic heterocycles. The van der Waals surface area contributed by atoms with Gasteiger partial charge in [0.2, 0.25) is 5.91 Å². The molecule has 1 fully saturated rings. The van der Waals surface area contributed by atoms with Crippen molar-refractivity contribution in [2.45, 2.75) is 38.8 Å². The Hall–Kier alpha value is -2.12. The first-order valence-corrected chi connectivity index (χ1v) is 7.63. The number of oxazole rings is 1. The van der Waals surface area contributed by atoms with Crippen LogP contribution >= 0.6 is 0 Å². The molecule has 1 aliphatic rings. The molecule has 0 bridgehead atoms. The molecule has 4 N–H and O–H groups in total. The molecule has 7 heteroatoms. The Morgan fingerprint density at radius 3 is 2.91 bits per heavy atom. The molecule has 1 amide bonds. The molecule has 3 rings (SSSR count). The molecule has 1 aliphatic carbocycles. The molecular formula is C16H21N3O4. The van der Waals surface area contributed by atoms with Crippen molar-refractivity contribution in [1.82, 2.24) is 4.98 Å². The minimum atomic E-state index is -0.994. The van der Waals surface area contributed by atoms with Crippen LogP contribution in [0, 0.1) is 5.41 Å². The van der Waals surface area contributed by atoms with Gasteiger partial charge in [-0.2, -0.15) is 0 Å². The molecule has 2 atom stereocenters. The monoisotopic (exact) mass is 319 g/mol. The number of carbonyl (C=O) groups excluding carboxylic acids is 1. The normalized spacial score (nSPS) is 26.0. The van der Waals surface area contributed by atoms with Gasteiger partial charge in [0.05, 0.1) is 11.6 Å². The van der Waals surface area contributed by atoms with Crippen LogP contribution in [-0.2, 0) is 9.53 Å². The molecule has 0 saturated heterocycles. The summed E-state index contributed by atoms with van der Waals surface area (Å²) in [5.74, 6) is -0.790. The van der Waals surface area contributed by atoms with E-state index in [1.165, 1.54) is 0 Å². The van der Waals surface area contributed by atoms with Gasteiger partial charge < -0.3 is 20.2 Å². The number of fused-ring (bicyclic) bond motifs is 1. The molecule has 124 valence electrons. The van der Waals surface area contributed by atoms with Gasteiger partial charge in [-0.15, -0.1) is 0 Å². The molecular weight excluding hydrogens is 298 g/mol. The number of hydrogen-bond acceptors (Lipinski definition) is 5. The average molecular weight is 319 g/mol. The summed E-state index contributed by atoms with van der Waals surface area (Å²) in [5, 5.41) is 2.82. The highest BCUT2D eigenvalue weighted by molar-refractivity contribution is 6.00. The fourth-order valence-corrected chi connectivity index (χ4v) is 3.09. The van der Waals surface area contributed by atoms with Gasteiger partial charge in [-0.1, -0.05) is 13.8 Å². The number of nitrogens with two attached hydrogens (primary N) is 1. The zero-order valence-corrected chi connectivity index (χ0v) is 13.4. The van der Waals surface area contributed by atoms with Gasteiger partial charge in [-0.05, 0) is 25.1 Å². The van der Waals surface area contributed by atoms with Crippen molar-refractivity contribution >= 4 is 22.7 Å². The second-order valence-electron chi connectivity index (χ2n) is 6.52. The Kier molecular flexibility index (Phi) is 3.57. The summed E-state index contributed by atoms with van der Waals surface area (Å²) in [6.07, 6.45) is 0.445. The van der Waals surface area contributed by atoms with Gasteiger partial charge in [0.15, 0.2) is 5.58 Å². The number of ether oxygens (including phenoxy) is 1. The standard InChI is InChI=1S/C16H21N3O4/c1-4-22-12-8-16(17,15(12,2)3)13(20)18-9-5-6-11-10(7-9)19-14(21)23-11/h5-7,12H,4,8,17H2,1-3H3,(H,18,20)(H,19,21). The fraction of sp³-hybridized carbons (Fsp3) is 0.500. The largest absolute Gasteiger partial charge is 0.417 e. The number of rotatable bonds is 4. The maximum absolute atomic E-state index is 12.6. The van der Waals surface area contributed by atoms with Crippen LogP contribution in [0.5, 0.6) is 0 Å². The van der Waals surface area contributed by atoms with Crippen LogP contribution in [0.1, 0.15) is 27.2 Å². The lowest BCUT2D eigenvalue weighted by atomic mass is 9.54. The van der Waals surface area contributed by atoms with Gasteiger partial charge in [0.1, 0.15) is 5.54 Å². The third kappa shape index (κ3) is 2.36. The van der Waals surface area contributed by atoms with Crippen molar-refractivity contribution in [2.24, 2.45) is 11.1 Å². The van der Waals surface area contributed by atoms with E-state index >= 15 is 0 Å². The van der Waals surface area contributed by atoms with E-state index < -0.39 is 16.7 Å². The summed E-state index contributed by atoms with van der Waals surface area (Å²) in [7, 11) is 0. The Morgan fingerprint density at radius 2 is 2.26 bits per heavy atom. The minimum Gasteiger partial charge on any atom is -0.408 e. The molecule has 0 radical (unpaired) electrons. The van der Waals surface area contributed by atoms with Crippen molar-refractivity contribution in [3.05, 3.63) is 28.7 Å². The fourth-order valence-electron chi connectivity index (χ4n) is 3.09. The predicted molar refractivity (Wildman–Crippen MR) is 86.2 cm³/mol. The van der Waals surface area contributed by atoms with Gasteiger partial charge in [-0.3, -0.25) is 9.78 Å². The number of aromatic nitrogens is 1. The zero-order chi connectivity index (χ0) is 16.8. The summed E-state index contributed by atoms with van der Waals surface area (Å²) in [5.41, 5.74) is 6.41. The number of aromatic amines is 1. The topological polar surface area (TPSA) is 110 Å². The van der Waals surface area contributed by atoms with Crippen molar-refractivity contribution in [1.29, 1.82) is 0 Å². The molecule has 23 heavy (non-hydrogen) atoms. The molecule has 0 spiro atoms. The molecule has 7 nitrogen and oxygen atoms in total. The van der Waals surface area contributed by atoms with Crippen molar-refractivity contribution in [3.8, 4) is 0 Å². The number of benzene rings is 1. The molecule has 1 aromatic carbocycles. The summed E-state index contributed by atoms with van der Waals surface area (Å²) >= 11 is 0. The van der Waals surface area contributed by atoms with Crippen LogP contribution in [0.2, 0.25) is 0 Å². The maximum Gasteiger partial charge on any atom is 0.417 e. The highest BCUT2D eigenvalue weighted by atomic mass is 16.5. The highest BCUT2D eigenvalue weighted by Crippen LogP contribution is 2.50. The lowest BCUT2D eigenvalue weighted by molar-refractivity contribution is -0.166. The van der Waals surface area contributed by atoms with Crippen molar-refractivity contribution in [2.75, 3.05) is 11.9 Å². The molecule has 1 heterocycles. The number of amides is 1. The molecule has 1 aromatic heterocycles. The minimum absolute atomic E-state index is 0.0315. The van der Waals surface area contributed by atoms with E-state index in [1.54, 1.807) is 18.2 Å². The molecule has 1 saturated carbocycles. The number of nitrogens with one attached hydrogen (secondary N) is 2. The van der Waals surface area contributed by atoms with Crippen molar-refractivity contribution < 1.29 is 13.9 Å². The molecule has 2 unspecified atom stereocenters. The van der Waals surface area contributed by atoms with Crippen LogP contribution in [0.4, 0.5) is 5.69 Å². The third-order valence-electron chi connectivity index (χ3n) is 4.91. The zero-order valence-electron chi connectivity index (χ0n) is 13.4. The van der Waals surface area contributed by atoms with Gasteiger partial charge in [0, 0.05) is 24.1 Å². The lowest BCUT2D eigenvalue weighted by Gasteiger charge is -2.57. The smallest absolute Gasteiger partial charge is 0.408 e. The number of hydrogen-bond donors (Lipinski definition) is 3. The van der Waals surface area contributed by atoms with E-state index in [0.29, 0.717) is 29.8 Å². The van der Waals surface area contributed by atoms with E-state index in [-0.39, 0.29) is 12.0 Å².